The smallest absolute Gasteiger partial charge is 0.410 e. The molecule has 7 nitrogen and oxygen atoms in total. The van der Waals surface area contributed by atoms with Crippen molar-refractivity contribution in [1.82, 2.24) is 9.80 Å². The van der Waals surface area contributed by atoms with E-state index in [1.807, 2.05) is 32.9 Å². The number of amides is 3. The maximum atomic E-state index is 12.6. The zero-order valence-electron chi connectivity index (χ0n) is 22.0. The van der Waals surface area contributed by atoms with Crippen LogP contribution in [0.2, 0.25) is 0 Å². The van der Waals surface area contributed by atoms with Crippen LogP contribution in [-0.2, 0) is 15.9 Å². The molecule has 1 aromatic carbocycles. The fourth-order valence-electron chi connectivity index (χ4n) is 4.64. The van der Waals surface area contributed by atoms with Crippen LogP contribution < -0.4 is 5.32 Å². The van der Waals surface area contributed by atoms with Gasteiger partial charge in [-0.05, 0) is 70.6 Å². The molecule has 0 aromatic heterocycles. The van der Waals surface area contributed by atoms with Crippen molar-refractivity contribution in [1.29, 1.82) is 0 Å². The largest absolute Gasteiger partial charge is 0.444 e. The van der Waals surface area contributed by atoms with Gasteiger partial charge in [0.1, 0.15) is 5.60 Å². The Labute approximate surface area is 211 Å². The van der Waals surface area contributed by atoms with Crippen LogP contribution in [0.4, 0.5) is 15.3 Å². The molecule has 7 heteroatoms. The summed E-state index contributed by atoms with van der Waals surface area (Å²) >= 11 is 0. The molecule has 2 aliphatic rings. The molecule has 3 amide bonds. The van der Waals surface area contributed by atoms with Crippen LogP contribution in [-0.4, -0.2) is 66.4 Å². The van der Waals surface area contributed by atoms with Gasteiger partial charge in [-0.25, -0.2) is 9.59 Å². The minimum absolute atomic E-state index is 0.128. The molecule has 0 unspecified atom stereocenters. The van der Waals surface area contributed by atoms with Gasteiger partial charge in [0, 0.05) is 38.5 Å². The fraction of sp³-hybridized carbons (Fsp3) is 0.714. The number of urea groups is 1. The number of nitrogens with zero attached hydrogens (tertiary/aromatic N) is 2. The van der Waals surface area contributed by atoms with Crippen molar-refractivity contribution in [2.24, 2.45) is 0 Å². The van der Waals surface area contributed by atoms with E-state index < -0.39 is 5.60 Å². The van der Waals surface area contributed by atoms with Crippen molar-refractivity contribution in [3.8, 4) is 0 Å². The second-order valence-electron chi connectivity index (χ2n) is 10.9. The van der Waals surface area contributed by atoms with Gasteiger partial charge in [-0.1, -0.05) is 44.2 Å². The normalized spacial score (nSPS) is 17.3. The summed E-state index contributed by atoms with van der Waals surface area (Å²) in [7, 11) is 0. The molecule has 1 aliphatic heterocycles. The van der Waals surface area contributed by atoms with Crippen molar-refractivity contribution in [2.45, 2.75) is 96.7 Å². The molecule has 1 heterocycles. The monoisotopic (exact) mass is 487 g/mol. The zero-order chi connectivity index (χ0) is 25.1. The molecule has 1 aromatic rings. The lowest BCUT2D eigenvalue weighted by molar-refractivity contribution is 0.0174. The predicted molar refractivity (Wildman–Crippen MR) is 140 cm³/mol. The summed E-state index contributed by atoms with van der Waals surface area (Å²) in [4.78, 5) is 28.2. The number of carbonyl (C=O) groups is 2. The number of ether oxygens (including phenoxy) is 2. The van der Waals surface area contributed by atoms with E-state index in [-0.39, 0.29) is 12.1 Å². The van der Waals surface area contributed by atoms with Gasteiger partial charge in [0.25, 0.3) is 0 Å². The molecule has 0 bridgehead atoms. The fourth-order valence-corrected chi connectivity index (χ4v) is 4.64. The standard InChI is InChI=1S/C28H45N3O4/c1-28(2,3)35-27(33)31-20-18-30(19-21-31)26(32)29-24-16-14-23(15-17-24)11-7-4-5-10-22-34-25-12-8-6-9-13-25/h14-17,25H,4-13,18-22H2,1-3H3,(H,29,32). The number of hydrogen-bond acceptors (Lipinski definition) is 4. The van der Waals surface area contributed by atoms with Crippen molar-refractivity contribution >= 4 is 17.8 Å². The Bertz CT molecular complexity index is 776. The first-order valence-corrected chi connectivity index (χ1v) is 13.5. The lowest BCUT2D eigenvalue weighted by Gasteiger charge is -2.35. The topological polar surface area (TPSA) is 71.1 Å². The van der Waals surface area contributed by atoms with Crippen molar-refractivity contribution in [3.05, 3.63) is 29.8 Å². The third-order valence-electron chi connectivity index (χ3n) is 6.69. The molecule has 196 valence electrons. The first-order chi connectivity index (χ1) is 16.8. The highest BCUT2D eigenvalue weighted by molar-refractivity contribution is 5.89. The third-order valence-corrected chi connectivity index (χ3v) is 6.69. The Morgan fingerprint density at radius 2 is 1.51 bits per heavy atom. The van der Waals surface area contributed by atoms with Gasteiger partial charge in [0.15, 0.2) is 0 Å². The molecule has 1 saturated carbocycles. The first-order valence-electron chi connectivity index (χ1n) is 13.5. The number of carbonyl (C=O) groups excluding carboxylic acids is 2. The van der Waals surface area contributed by atoms with Crippen LogP contribution >= 0.6 is 0 Å². The number of aryl methyl sites for hydroxylation is 1. The highest BCUT2D eigenvalue weighted by Crippen LogP contribution is 2.21. The summed E-state index contributed by atoms with van der Waals surface area (Å²) in [5.41, 5.74) is 1.58. The quantitative estimate of drug-likeness (QED) is 0.420. The first kappa shape index (κ1) is 27.3. The zero-order valence-corrected chi connectivity index (χ0v) is 22.0. The molecule has 0 atom stereocenters. The Hall–Kier alpha value is -2.28. The van der Waals surface area contributed by atoms with E-state index in [1.165, 1.54) is 56.9 Å². The summed E-state index contributed by atoms with van der Waals surface area (Å²) in [5.74, 6) is 0. The highest BCUT2D eigenvalue weighted by Gasteiger charge is 2.27. The lowest BCUT2D eigenvalue weighted by atomic mass is 9.98. The number of rotatable bonds is 9. The molecule has 0 radical (unpaired) electrons. The minimum Gasteiger partial charge on any atom is -0.444 e. The van der Waals surface area contributed by atoms with Crippen molar-refractivity contribution in [2.75, 3.05) is 38.1 Å². The van der Waals surface area contributed by atoms with Crippen LogP contribution in [0.3, 0.4) is 0 Å². The molecule has 1 N–H and O–H groups in total. The SMILES string of the molecule is CC(C)(C)OC(=O)N1CCN(C(=O)Nc2ccc(CCCCCCOC3CCCCC3)cc2)CC1. The molecular weight excluding hydrogens is 442 g/mol. The van der Waals surface area contributed by atoms with Gasteiger partial charge >= 0.3 is 12.1 Å². The number of unbranched alkanes of at least 4 members (excludes halogenated alkanes) is 3. The molecule has 1 saturated heterocycles. The van der Waals surface area contributed by atoms with E-state index in [1.54, 1.807) is 9.80 Å². The van der Waals surface area contributed by atoms with Crippen LogP contribution in [0.25, 0.3) is 0 Å². The van der Waals surface area contributed by atoms with Gasteiger partial charge in [0.05, 0.1) is 6.10 Å². The number of anilines is 1. The van der Waals surface area contributed by atoms with E-state index in [0.717, 1.165) is 25.1 Å². The van der Waals surface area contributed by atoms with E-state index in [0.29, 0.717) is 32.3 Å². The summed E-state index contributed by atoms with van der Waals surface area (Å²) in [5, 5.41) is 2.98. The van der Waals surface area contributed by atoms with Crippen LogP contribution in [0.15, 0.2) is 24.3 Å². The molecule has 3 rings (SSSR count). The Balaban J connectivity index is 1.27. The Morgan fingerprint density at radius 1 is 0.886 bits per heavy atom. The summed E-state index contributed by atoms with van der Waals surface area (Å²) in [6.07, 6.45) is 12.6. The van der Waals surface area contributed by atoms with Gasteiger partial charge in [-0.3, -0.25) is 0 Å². The molecule has 2 fully saturated rings. The van der Waals surface area contributed by atoms with E-state index in [2.05, 4.69) is 17.4 Å². The molecule has 1 aliphatic carbocycles. The molecular formula is C28H45N3O4. The lowest BCUT2D eigenvalue weighted by Crippen LogP contribution is -2.52. The highest BCUT2D eigenvalue weighted by atomic mass is 16.6. The predicted octanol–water partition coefficient (Wildman–Crippen LogP) is 6.22. The second-order valence-corrected chi connectivity index (χ2v) is 10.9. The van der Waals surface area contributed by atoms with E-state index in [4.69, 9.17) is 9.47 Å². The Kier molecular flexibility index (Phi) is 10.7. The van der Waals surface area contributed by atoms with E-state index in [9.17, 15) is 9.59 Å². The van der Waals surface area contributed by atoms with Crippen LogP contribution in [0.5, 0.6) is 0 Å². The summed E-state index contributed by atoms with van der Waals surface area (Å²) < 4.78 is 11.4. The third kappa shape index (κ3) is 10.1. The maximum Gasteiger partial charge on any atom is 0.410 e. The minimum atomic E-state index is -0.513. The van der Waals surface area contributed by atoms with Crippen LogP contribution in [0, 0.1) is 0 Å². The van der Waals surface area contributed by atoms with Gasteiger partial charge < -0.3 is 24.6 Å². The van der Waals surface area contributed by atoms with Crippen molar-refractivity contribution in [3.63, 3.8) is 0 Å². The molecule has 0 spiro atoms. The van der Waals surface area contributed by atoms with Gasteiger partial charge in [-0.2, -0.15) is 0 Å². The van der Waals surface area contributed by atoms with Crippen molar-refractivity contribution < 1.29 is 19.1 Å². The Morgan fingerprint density at radius 3 is 2.17 bits per heavy atom. The number of benzene rings is 1. The number of piperazine rings is 1. The molecule has 35 heavy (non-hydrogen) atoms. The summed E-state index contributed by atoms with van der Waals surface area (Å²) in [6, 6.07) is 8.02. The summed E-state index contributed by atoms with van der Waals surface area (Å²) in [6.45, 7) is 8.43. The average molecular weight is 488 g/mol. The number of hydrogen-bond donors (Lipinski definition) is 1. The number of nitrogens with one attached hydrogen (secondary N) is 1. The van der Waals surface area contributed by atoms with E-state index >= 15 is 0 Å². The second kappa shape index (κ2) is 13.7. The average Bonchev–Trinajstić information content (AvgIpc) is 2.84. The van der Waals surface area contributed by atoms with Gasteiger partial charge in [-0.15, -0.1) is 0 Å². The van der Waals surface area contributed by atoms with Crippen LogP contribution in [0.1, 0.15) is 84.1 Å². The van der Waals surface area contributed by atoms with Gasteiger partial charge in [0.2, 0.25) is 0 Å². The maximum absolute atomic E-state index is 12.6.